The zero-order chi connectivity index (χ0) is 18.0. The summed E-state index contributed by atoms with van der Waals surface area (Å²) in [4.78, 5) is 25.9. The number of carbonyl (C=O) groups is 2. The quantitative estimate of drug-likeness (QED) is 0.637. The molecule has 1 aromatic heterocycles. The van der Waals surface area contributed by atoms with Crippen LogP contribution in [-0.4, -0.2) is 22.8 Å². The van der Waals surface area contributed by atoms with Crippen LogP contribution in [0.2, 0.25) is 0 Å². The van der Waals surface area contributed by atoms with E-state index in [2.05, 4.69) is 6.07 Å². The zero-order valence-corrected chi connectivity index (χ0v) is 14.3. The van der Waals surface area contributed by atoms with E-state index in [9.17, 15) is 9.59 Å². The molecular weight excluding hydrogens is 314 g/mol. The molecular formula is C20H19N3O2. The van der Waals surface area contributed by atoms with Gasteiger partial charge in [-0.2, -0.15) is 5.26 Å². The molecule has 5 nitrogen and oxygen atoms in total. The van der Waals surface area contributed by atoms with Crippen molar-refractivity contribution in [1.29, 1.82) is 5.26 Å². The minimum absolute atomic E-state index is 0.110. The highest BCUT2D eigenvalue weighted by atomic mass is 16.2. The molecule has 1 saturated heterocycles. The molecule has 1 aliphatic rings. The van der Waals surface area contributed by atoms with Gasteiger partial charge >= 0.3 is 0 Å². The molecule has 0 saturated carbocycles. The lowest BCUT2D eigenvalue weighted by atomic mass is 10.1. The van der Waals surface area contributed by atoms with E-state index in [1.165, 1.54) is 6.08 Å². The molecule has 0 radical (unpaired) electrons. The van der Waals surface area contributed by atoms with Gasteiger partial charge in [-0.25, -0.2) is 0 Å². The van der Waals surface area contributed by atoms with Crippen LogP contribution in [0.5, 0.6) is 0 Å². The number of rotatable bonds is 4. The number of anilines is 1. The lowest BCUT2D eigenvalue weighted by molar-refractivity contribution is -0.117. The molecule has 0 atom stereocenters. The van der Waals surface area contributed by atoms with Crippen molar-refractivity contribution in [3.8, 4) is 6.07 Å². The maximum atomic E-state index is 12.3. The van der Waals surface area contributed by atoms with E-state index < -0.39 is 0 Å². The first-order valence-electron chi connectivity index (χ1n) is 8.20. The standard InChI is InChI=1S/C20H19N3O2/c1-14-16(12-18(13-21)22(14)2)7-10-19(24)15-5-8-17(9-6-15)23-11-3-4-20(23)25/h5-10,12H,3-4,11H2,1-2H3/b10-7+. The molecule has 0 spiro atoms. The molecule has 3 rings (SSSR count). The van der Waals surface area contributed by atoms with Crippen LogP contribution in [0.3, 0.4) is 0 Å². The number of nitriles is 1. The second-order valence-electron chi connectivity index (χ2n) is 6.13. The van der Waals surface area contributed by atoms with E-state index in [1.807, 2.05) is 26.1 Å². The van der Waals surface area contributed by atoms with Gasteiger partial charge < -0.3 is 9.47 Å². The first kappa shape index (κ1) is 16.7. The Bertz CT molecular complexity index is 898. The summed E-state index contributed by atoms with van der Waals surface area (Å²) >= 11 is 0. The predicted octanol–water partition coefficient (Wildman–Crippen LogP) is 3.23. The van der Waals surface area contributed by atoms with E-state index in [0.717, 1.165) is 29.9 Å². The second-order valence-corrected chi connectivity index (χ2v) is 6.13. The van der Waals surface area contributed by atoms with Crippen LogP contribution >= 0.6 is 0 Å². The fourth-order valence-electron chi connectivity index (χ4n) is 2.99. The molecule has 1 aromatic carbocycles. The number of ketones is 1. The summed E-state index contributed by atoms with van der Waals surface area (Å²) in [7, 11) is 1.82. The fraction of sp³-hybridized carbons (Fsp3) is 0.250. The lowest BCUT2D eigenvalue weighted by Gasteiger charge is -2.15. The summed E-state index contributed by atoms with van der Waals surface area (Å²) in [6.07, 6.45) is 4.71. The van der Waals surface area contributed by atoms with Crippen LogP contribution < -0.4 is 4.90 Å². The highest BCUT2D eigenvalue weighted by Crippen LogP contribution is 2.22. The van der Waals surface area contributed by atoms with Gasteiger partial charge in [0.15, 0.2) is 5.78 Å². The molecule has 1 amide bonds. The third kappa shape index (κ3) is 3.24. The van der Waals surface area contributed by atoms with Crippen molar-refractivity contribution in [3.05, 3.63) is 58.9 Å². The van der Waals surface area contributed by atoms with Crippen LogP contribution in [0.25, 0.3) is 6.08 Å². The Kier molecular flexibility index (Phi) is 4.53. The summed E-state index contributed by atoms with van der Waals surface area (Å²) < 4.78 is 1.80. The van der Waals surface area contributed by atoms with Crippen LogP contribution in [0, 0.1) is 18.3 Å². The number of allylic oxidation sites excluding steroid dienone is 1. The Hall–Kier alpha value is -3.13. The normalized spacial score (nSPS) is 14.3. The van der Waals surface area contributed by atoms with E-state index in [4.69, 9.17) is 5.26 Å². The smallest absolute Gasteiger partial charge is 0.227 e. The van der Waals surface area contributed by atoms with Gasteiger partial charge in [0.05, 0.1) is 0 Å². The molecule has 2 aromatic rings. The van der Waals surface area contributed by atoms with E-state index in [1.54, 1.807) is 33.7 Å². The van der Waals surface area contributed by atoms with E-state index in [-0.39, 0.29) is 11.7 Å². The molecule has 1 fully saturated rings. The van der Waals surface area contributed by atoms with Gasteiger partial charge in [0, 0.05) is 37.0 Å². The monoisotopic (exact) mass is 333 g/mol. The first-order valence-corrected chi connectivity index (χ1v) is 8.20. The topological polar surface area (TPSA) is 66.1 Å². The summed E-state index contributed by atoms with van der Waals surface area (Å²) in [6.45, 7) is 2.65. The Morgan fingerprint density at radius 2 is 2.00 bits per heavy atom. The molecule has 5 heteroatoms. The molecule has 25 heavy (non-hydrogen) atoms. The third-order valence-electron chi connectivity index (χ3n) is 4.64. The maximum absolute atomic E-state index is 12.3. The summed E-state index contributed by atoms with van der Waals surface area (Å²) in [5.41, 5.74) is 3.75. The van der Waals surface area contributed by atoms with Crippen molar-refractivity contribution in [3.63, 3.8) is 0 Å². The van der Waals surface area contributed by atoms with Crippen LogP contribution in [0.4, 0.5) is 5.69 Å². The van der Waals surface area contributed by atoms with E-state index in [0.29, 0.717) is 17.7 Å². The van der Waals surface area contributed by atoms with Crippen molar-refractivity contribution in [2.45, 2.75) is 19.8 Å². The van der Waals surface area contributed by atoms with Crippen LogP contribution in [0.1, 0.15) is 40.2 Å². The Balaban J connectivity index is 1.75. The number of benzene rings is 1. The first-order chi connectivity index (χ1) is 12.0. The average Bonchev–Trinajstić information content (AvgIpc) is 3.17. The number of amides is 1. The number of hydrogen-bond donors (Lipinski definition) is 0. The Morgan fingerprint density at radius 3 is 2.56 bits per heavy atom. The van der Waals surface area contributed by atoms with Crippen molar-refractivity contribution in [2.24, 2.45) is 7.05 Å². The van der Waals surface area contributed by atoms with E-state index >= 15 is 0 Å². The van der Waals surface area contributed by atoms with Gasteiger partial charge in [0.25, 0.3) is 0 Å². The number of hydrogen-bond acceptors (Lipinski definition) is 3. The molecule has 0 N–H and O–H groups in total. The summed E-state index contributed by atoms with van der Waals surface area (Å²) in [5.74, 6) is 0.0212. The number of aromatic nitrogens is 1. The van der Waals surface area contributed by atoms with Crippen LogP contribution in [0.15, 0.2) is 36.4 Å². The molecule has 1 aliphatic heterocycles. The molecule has 126 valence electrons. The maximum Gasteiger partial charge on any atom is 0.227 e. The Labute approximate surface area is 146 Å². The minimum atomic E-state index is -0.110. The predicted molar refractivity (Wildman–Crippen MR) is 96.3 cm³/mol. The third-order valence-corrected chi connectivity index (χ3v) is 4.64. The largest absolute Gasteiger partial charge is 0.339 e. The number of carbonyl (C=O) groups excluding carboxylic acids is 2. The van der Waals surface area contributed by atoms with Gasteiger partial charge in [-0.1, -0.05) is 0 Å². The molecule has 0 aliphatic carbocycles. The average molecular weight is 333 g/mol. The highest BCUT2D eigenvalue weighted by molar-refractivity contribution is 6.07. The molecule has 0 bridgehead atoms. The van der Waals surface area contributed by atoms with Gasteiger partial charge in [-0.05, 0) is 61.4 Å². The Morgan fingerprint density at radius 1 is 1.28 bits per heavy atom. The highest BCUT2D eigenvalue weighted by Gasteiger charge is 2.21. The molecule has 0 unspecified atom stereocenters. The van der Waals surface area contributed by atoms with Gasteiger partial charge in [-0.3, -0.25) is 9.59 Å². The van der Waals surface area contributed by atoms with Crippen molar-refractivity contribution in [2.75, 3.05) is 11.4 Å². The van der Waals surface area contributed by atoms with Crippen molar-refractivity contribution in [1.82, 2.24) is 4.57 Å². The fourth-order valence-corrected chi connectivity index (χ4v) is 2.99. The van der Waals surface area contributed by atoms with Crippen molar-refractivity contribution >= 4 is 23.5 Å². The summed E-state index contributed by atoms with van der Waals surface area (Å²) in [5, 5.41) is 9.06. The van der Waals surface area contributed by atoms with Gasteiger partial charge in [0.2, 0.25) is 5.91 Å². The number of nitrogens with zero attached hydrogens (tertiary/aromatic N) is 3. The zero-order valence-electron chi connectivity index (χ0n) is 14.3. The van der Waals surface area contributed by atoms with Gasteiger partial charge in [-0.15, -0.1) is 0 Å². The second kappa shape index (κ2) is 6.78. The van der Waals surface area contributed by atoms with Crippen LogP contribution in [-0.2, 0) is 11.8 Å². The molecule has 2 heterocycles. The van der Waals surface area contributed by atoms with Gasteiger partial charge in [0.1, 0.15) is 11.8 Å². The lowest BCUT2D eigenvalue weighted by Crippen LogP contribution is -2.23. The SMILES string of the molecule is Cc1c(/C=C/C(=O)c2ccc(N3CCCC3=O)cc2)cc(C#N)n1C. The van der Waals surface area contributed by atoms with Crippen molar-refractivity contribution < 1.29 is 9.59 Å². The minimum Gasteiger partial charge on any atom is -0.339 e. The summed E-state index contributed by atoms with van der Waals surface area (Å²) in [6, 6.07) is 11.0.